The summed E-state index contributed by atoms with van der Waals surface area (Å²) in [6.07, 6.45) is 8.00. The zero-order valence-corrected chi connectivity index (χ0v) is 11.5. The van der Waals surface area contributed by atoms with Gasteiger partial charge in [-0.05, 0) is 30.9 Å². The number of carboxylic acid groups (broad SMARTS) is 1. The fraction of sp³-hybridized carbons (Fsp3) is 0.533. The van der Waals surface area contributed by atoms with Crippen molar-refractivity contribution in [1.29, 1.82) is 0 Å². The maximum atomic E-state index is 11.9. The Bertz CT molecular complexity index is 465. The van der Waals surface area contributed by atoms with Crippen LogP contribution in [0.3, 0.4) is 0 Å². The van der Waals surface area contributed by atoms with Crippen LogP contribution in [0.5, 0.6) is 0 Å². The molecule has 2 rings (SSSR count). The average molecular weight is 276 g/mol. The molecule has 0 aromatic carbocycles. The minimum atomic E-state index is -0.911. The minimum Gasteiger partial charge on any atom is -0.481 e. The van der Waals surface area contributed by atoms with E-state index in [0.717, 1.165) is 12.8 Å². The van der Waals surface area contributed by atoms with Crippen molar-refractivity contribution >= 4 is 17.6 Å². The van der Waals surface area contributed by atoms with Crippen molar-refractivity contribution in [3.05, 3.63) is 24.0 Å². The molecule has 1 aliphatic rings. The number of rotatable bonds is 5. The van der Waals surface area contributed by atoms with Gasteiger partial charge in [-0.1, -0.05) is 19.3 Å². The van der Waals surface area contributed by atoms with Crippen molar-refractivity contribution in [1.82, 2.24) is 4.98 Å². The topological polar surface area (TPSA) is 79.3 Å². The summed E-state index contributed by atoms with van der Waals surface area (Å²) in [5.74, 6) is -0.390. The van der Waals surface area contributed by atoms with Gasteiger partial charge < -0.3 is 10.4 Å². The SMILES string of the molecule is O=C(O)Cc1ccc(NC(=O)CC2CCCCC2)cn1. The molecule has 0 spiro atoms. The van der Waals surface area contributed by atoms with Gasteiger partial charge in [0.1, 0.15) is 0 Å². The first-order chi connectivity index (χ1) is 9.63. The third-order valence-electron chi connectivity index (χ3n) is 3.64. The van der Waals surface area contributed by atoms with Gasteiger partial charge in [0.05, 0.1) is 24.0 Å². The molecule has 1 saturated carbocycles. The fourth-order valence-corrected chi connectivity index (χ4v) is 2.62. The number of hydrogen-bond donors (Lipinski definition) is 2. The highest BCUT2D eigenvalue weighted by molar-refractivity contribution is 5.90. The van der Waals surface area contributed by atoms with E-state index in [4.69, 9.17) is 5.11 Å². The molecule has 1 amide bonds. The third-order valence-corrected chi connectivity index (χ3v) is 3.64. The molecule has 1 fully saturated rings. The standard InChI is InChI=1S/C15H20N2O3/c18-14(8-11-4-2-1-3-5-11)17-13-7-6-12(16-10-13)9-15(19)20/h6-7,10-11H,1-5,8-9H2,(H,17,18)(H,19,20). The number of aromatic nitrogens is 1. The van der Waals surface area contributed by atoms with Crippen molar-refractivity contribution in [2.24, 2.45) is 5.92 Å². The lowest BCUT2D eigenvalue weighted by atomic mass is 9.87. The maximum Gasteiger partial charge on any atom is 0.309 e. The summed E-state index contributed by atoms with van der Waals surface area (Å²) in [6, 6.07) is 3.33. The second-order valence-corrected chi connectivity index (χ2v) is 5.37. The number of amides is 1. The molecule has 0 atom stereocenters. The summed E-state index contributed by atoms with van der Waals surface area (Å²) in [6.45, 7) is 0. The molecule has 0 aliphatic heterocycles. The lowest BCUT2D eigenvalue weighted by Crippen LogP contribution is -2.18. The molecule has 1 heterocycles. The number of nitrogens with zero attached hydrogens (tertiary/aromatic N) is 1. The lowest BCUT2D eigenvalue weighted by molar-refractivity contribution is -0.136. The van der Waals surface area contributed by atoms with Crippen molar-refractivity contribution in [3.63, 3.8) is 0 Å². The molecule has 0 unspecified atom stereocenters. The molecular formula is C15H20N2O3. The Labute approximate surface area is 118 Å². The predicted octanol–water partition coefficient (Wildman–Crippen LogP) is 2.62. The van der Waals surface area contributed by atoms with Gasteiger partial charge >= 0.3 is 5.97 Å². The van der Waals surface area contributed by atoms with E-state index in [1.165, 1.54) is 25.5 Å². The van der Waals surface area contributed by atoms with E-state index in [-0.39, 0.29) is 12.3 Å². The van der Waals surface area contributed by atoms with Crippen LogP contribution < -0.4 is 5.32 Å². The molecule has 5 nitrogen and oxygen atoms in total. The quantitative estimate of drug-likeness (QED) is 0.866. The first-order valence-electron chi connectivity index (χ1n) is 7.10. The van der Waals surface area contributed by atoms with Crippen LogP contribution in [0.15, 0.2) is 18.3 Å². The minimum absolute atomic E-state index is 0.0182. The van der Waals surface area contributed by atoms with Gasteiger partial charge in [0.25, 0.3) is 0 Å². The number of carbonyl (C=O) groups excluding carboxylic acids is 1. The van der Waals surface area contributed by atoms with E-state index in [0.29, 0.717) is 23.7 Å². The summed E-state index contributed by atoms with van der Waals surface area (Å²) in [5, 5.41) is 11.5. The highest BCUT2D eigenvalue weighted by Gasteiger charge is 2.17. The number of hydrogen-bond acceptors (Lipinski definition) is 3. The number of nitrogens with one attached hydrogen (secondary N) is 1. The summed E-state index contributed by atoms with van der Waals surface area (Å²) >= 11 is 0. The van der Waals surface area contributed by atoms with Crippen molar-refractivity contribution in [3.8, 4) is 0 Å². The molecule has 0 radical (unpaired) electrons. The van der Waals surface area contributed by atoms with Crippen LogP contribution in [0, 0.1) is 5.92 Å². The van der Waals surface area contributed by atoms with E-state index in [2.05, 4.69) is 10.3 Å². The highest BCUT2D eigenvalue weighted by Crippen LogP contribution is 2.26. The molecule has 1 aromatic rings. The number of anilines is 1. The summed E-state index contributed by atoms with van der Waals surface area (Å²) < 4.78 is 0. The molecule has 0 saturated heterocycles. The molecule has 5 heteroatoms. The number of carbonyl (C=O) groups is 2. The van der Waals surface area contributed by atoms with Crippen molar-refractivity contribution < 1.29 is 14.7 Å². The summed E-state index contributed by atoms with van der Waals surface area (Å²) in [7, 11) is 0. The highest BCUT2D eigenvalue weighted by atomic mass is 16.4. The normalized spacial score (nSPS) is 15.8. The van der Waals surface area contributed by atoms with Gasteiger partial charge in [0.15, 0.2) is 0 Å². The van der Waals surface area contributed by atoms with Crippen LogP contribution in [0.4, 0.5) is 5.69 Å². The number of pyridine rings is 1. The Morgan fingerprint density at radius 2 is 2.00 bits per heavy atom. The predicted molar refractivity (Wildman–Crippen MR) is 75.4 cm³/mol. The molecule has 108 valence electrons. The van der Waals surface area contributed by atoms with Gasteiger partial charge in [-0.3, -0.25) is 14.6 Å². The van der Waals surface area contributed by atoms with E-state index in [9.17, 15) is 9.59 Å². The molecule has 2 N–H and O–H groups in total. The van der Waals surface area contributed by atoms with Gasteiger partial charge in [-0.25, -0.2) is 0 Å². The second-order valence-electron chi connectivity index (χ2n) is 5.37. The van der Waals surface area contributed by atoms with Gasteiger partial charge in [0.2, 0.25) is 5.91 Å². The van der Waals surface area contributed by atoms with Crippen LogP contribution in [0.1, 0.15) is 44.2 Å². The summed E-state index contributed by atoms with van der Waals surface area (Å²) in [5.41, 5.74) is 1.11. The lowest BCUT2D eigenvalue weighted by Gasteiger charge is -2.20. The zero-order chi connectivity index (χ0) is 14.4. The fourth-order valence-electron chi connectivity index (χ4n) is 2.62. The van der Waals surface area contributed by atoms with Crippen LogP contribution in [-0.2, 0) is 16.0 Å². The molecule has 1 aliphatic carbocycles. The van der Waals surface area contributed by atoms with Gasteiger partial charge in [0, 0.05) is 6.42 Å². The third kappa shape index (κ3) is 4.64. The van der Waals surface area contributed by atoms with E-state index < -0.39 is 5.97 Å². The van der Waals surface area contributed by atoms with Crippen LogP contribution in [-0.4, -0.2) is 22.0 Å². The second kappa shape index (κ2) is 7.03. The van der Waals surface area contributed by atoms with Crippen molar-refractivity contribution in [2.75, 3.05) is 5.32 Å². The van der Waals surface area contributed by atoms with Crippen LogP contribution >= 0.6 is 0 Å². The Morgan fingerprint density at radius 3 is 2.60 bits per heavy atom. The molecule has 20 heavy (non-hydrogen) atoms. The van der Waals surface area contributed by atoms with E-state index in [1.54, 1.807) is 12.1 Å². The van der Waals surface area contributed by atoms with Gasteiger partial charge in [-0.15, -0.1) is 0 Å². The number of aliphatic carboxylic acids is 1. The average Bonchev–Trinajstić information content (AvgIpc) is 2.41. The van der Waals surface area contributed by atoms with Gasteiger partial charge in [-0.2, -0.15) is 0 Å². The molecule has 0 bridgehead atoms. The van der Waals surface area contributed by atoms with Crippen LogP contribution in [0.25, 0.3) is 0 Å². The maximum absolute atomic E-state index is 11.9. The monoisotopic (exact) mass is 276 g/mol. The Balaban J connectivity index is 1.82. The Morgan fingerprint density at radius 1 is 1.25 bits per heavy atom. The first kappa shape index (κ1) is 14.5. The zero-order valence-electron chi connectivity index (χ0n) is 11.5. The summed E-state index contributed by atoms with van der Waals surface area (Å²) in [4.78, 5) is 26.5. The smallest absolute Gasteiger partial charge is 0.309 e. The number of carboxylic acids is 1. The Hall–Kier alpha value is -1.91. The molecular weight excluding hydrogens is 256 g/mol. The van der Waals surface area contributed by atoms with Crippen LogP contribution in [0.2, 0.25) is 0 Å². The Kier molecular flexibility index (Phi) is 5.09. The largest absolute Gasteiger partial charge is 0.481 e. The van der Waals surface area contributed by atoms with E-state index in [1.807, 2.05) is 0 Å². The van der Waals surface area contributed by atoms with E-state index >= 15 is 0 Å². The first-order valence-corrected chi connectivity index (χ1v) is 7.10. The van der Waals surface area contributed by atoms with Crippen molar-refractivity contribution in [2.45, 2.75) is 44.9 Å². The molecule has 1 aromatic heterocycles.